The standard InChI is InChI=1S/C16H19NO5/c1-9-6-12(18)15-10(2)11(16(20)22-13(15)7-9)8-14(19)17-4-5-21-3/h6-7,18H,4-5,8H2,1-3H3,(H,17,19). The predicted molar refractivity (Wildman–Crippen MR) is 82.2 cm³/mol. The number of carbonyl (C=O) groups excluding carboxylic acids is 1. The van der Waals surface area contributed by atoms with E-state index in [1.807, 2.05) is 0 Å². The Balaban J connectivity index is 2.39. The Bertz CT molecular complexity index is 763. The summed E-state index contributed by atoms with van der Waals surface area (Å²) in [5.41, 5.74) is 1.37. The first-order valence-electron chi connectivity index (χ1n) is 6.95. The monoisotopic (exact) mass is 305 g/mol. The van der Waals surface area contributed by atoms with Crippen molar-refractivity contribution in [2.24, 2.45) is 0 Å². The number of methoxy groups -OCH3 is 1. The molecule has 0 aliphatic rings. The summed E-state index contributed by atoms with van der Waals surface area (Å²) in [6.45, 7) is 4.27. The third-order valence-corrected chi connectivity index (χ3v) is 3.47. The Kier molecular flexibility index (Phi) is 4.82. The number of amides is 1. The van der Waals surface area contributed by atoms with E-state index in [4.69, 9.17) is 9.15 Å². The molecule has 1 aromatic carbocycles. The molecule has 2 aromatic rings. The number of fused-ring (bicyclic) bond motifs is 1. The molecule has 0 atom stereocenters. The van der Waals surface area contributed by atoms with Crippen LogP contribution >= 0.6 is 0 Å². The summed E-state index contributed by atoms with van der Waals surface area (Å²) >= 11 is 0. The van der Waals surface area contributed by atoms with Crippen LogP contribution in [0, 0.1) is 13.8 Å². The smallest absolute Gasteiger partial charge is 0.340 e. The van der Waals surface area contributed by atoms with Crippen LogP contribution in [0.4, 0.5) is 0 Å². The molecule has 0 unspecified atom stereocenters. The molecule has 1 heterocycles. The minimum Gasteiger partial charge on any atom is -0.507 e. The zero-order valence-electron chi connectivity index (χ0n) is 12.9. The van der Waals surface area contributed by atoms with Crippen molar-refractivity contribution in [1.82, 2.24) is 5.32 Å². The summed E-state index contributed by atoms with van der Waals surface area (Å²) < 4.78 is 10.1. The lowest BCUT2D eigenvalue weighted by Crippen LogP contribution is -2.30. The van der Waals surface area contributed by atoms with Gasteiger partial charge in [0, 0.05) is 13.7 Å². The zero-order chi connectivity index (χ0) is 16.3. The molecule has 0 saturated carbocycles. The molecule has 118 valence electrons. The number of nitrogens with one attached hydrogen (secondary N) is 1. The van der Waals surface area contributed by atoms with Gasteiger partial charge in [-0.3, -0.25) is 4.79 Å². The van der Waals surface area contributed by atoms with Crippen molar-refractivity contribution in [3.8, 4) is 5.75 Å². The van der Waals surface area contributed by atoms with E-state index in [9.17, 15) is 14.7 Å². The van der Waals surface area contributed by atoms with Gasteiger partial charge in [0.15, 0.2) is 0 Å². The second-order valence-electron chi connectivity index (χ2n) is 5.17. The number of phenols is 1. The molecular formula is C16H19NO5. The van der Waals surface area contributed by atoms with Crippen LogP contribution in [0.1, 0.15) is 16.7 Å². The lowest BCUT2D eigenvalue weighted by molar-refractivity contribution is -0.120. The molecular weight excluding hydrogens is 286 g/mol. The maximum Gasteiger partial charge on any atom is 0.340 e. The molecule has 2 N–H and O–H groups in total. The fraction of sp³-hybridized carbons (Fsp3) is 0.375. The van der Waals surface area contributed by atoms with Gasteiger partial charge in [0.1, 0.15) is 11.3 Å². The third kappa shape index (κ3) is 3.28. The highest BCUT2D eigenvalue weighted by Gasteiger charge is 2.17. The second kappa shape index (κ2) is 6.62. The molecule has 1 aromatic heterocycles. The van der Waals surface area contributed by atoms with Crippen molar-refractivity contribution in [1.29, 1.82) is 0 Å². The molecule has 1 amide bonds. The topological polar surface area (TPSA) is 88.8 Å². The Morgan fingerprint density at radius 2 is 2.09 bits per heavy atom. The lowest BCUT2D eigenvalue weighted by atomic mass is 10.0. The first-order valence-corrected chi connectivity index (χ1v) is 6.95. The van der Waals surface area contributed by atoms with Crippen molar-refractivity contribution < 1.29 is 19.1 Å². The lowest BCUT2D eigenvalue weighted by Gasteiger charge is -2.10. The van der Waals surface area contributed by atoms with Gasteiger partial charge in [-0.25, -0.2) is 4.79 Å². The largest absolute Gasteiger partial charge is 0.507 e. The summed E-state index contributed by atoms with van der Waals surface area (Å²) in [4.78, 5) is 23.9. The number of phenolic OH excluding ortho intramolecular Hbond substituents is 1. The van der Waals surface area contributed by atoms with E-state index >= 15 is 0 Å². The van der Waals surface area contributed by atoms with Crippen LogP contribution in [0.25, 0.3) is 11.0 Å². The van der Waals surface area contributed by atoms with Crippen molar-refractivity contribution >= 4 is 16.9 Å². The van der Waals surface area contributed by atoms with Crippen LogP contribution in [-0.2, 0) is 16.0 Å². The number of carbonyl (C=O) groups is 1. The van der Waals surface area contributed by atoms with Crippen molar-refractivity contribution in [3.63, 3.8) is 0 Å². The predicted octanol–water partition coefficient (Wildman–Crippen LogP) is 1.42. The van der Waals surface area contributed by atoms with Gasteiger partial charge < -0.3 is 19.6 Å². The molecule has 6 nitrogen and oxygen atoms in total. The highest BCUT2D eigenvalue weighted by Crippen LogP contribution is 2.29. The molecule has 0 aliphatic carbocycles. The van der Waals surface area contributed by atoms with E-state index in [-0.39, 0.29) is 23.6 Å². The molecule has 0 spiro atoms. The maximum absolute atomic E-state index is 12.1. The van der Waals surface area contributed by atoms with Crippen LogP contribution in [0.2, 0.25) is 0 Å². The molecule has 0 bridgehead atoms. The van der Waals surface area contributed by atoms with Crippen molar-refractivity contribution in [2.45, 2.75) is 20.3 Å². The fourth-order valence-electron chi connectivity index (χ4n) is 2.38. The van der Waals surface area contributed by atoms with E-state index in [2.05, 4.69) is 5.32 Å². The Labute approximate surface area is 127 Å². The number of aryl methyl sites for hydroxylation is 2. The molecule has 2 rings (SSSR count). The molecule has 0 aliphatic heterocycles. The van der Waals surface area contributed by atoms with Gasteiger partial charge in [0.05, 0.1) is 24.0 Å². The molecule has 0 fully saturated rings. The fourth-order valence-corrected chi connectivity index (χ4v) is 2.38. The summed E-state index contributed by atoms with van der Waals surface area (Å²) in [5, 5.41) is 13.2. The SMILES string of the molecule is COCCNC(=O)Cc1c(C)c2c(O)cc(C)cc2oc1=O. The highest BCUT2D eigenvalue weighted by atomic mass is 16.5. The first kappa shape index (κ1) is 16.0. The van der Waals surface area contributed by atoms with Crippen molar-refractivity contribution in [2.75, 3.05) is 20.3 Å². The van der Waals surface area contributed by atoms with Crippen LogP contribution in [0.3, 0.4) is 0 Å². The molecule has 0 saturated heterocycles. The minimum absolute atomic E-state index is 0.0392. The number of ether oxygens (including phenoxy) is 1. The van der Waals surface area contributed by atoms with Gasteiger partial charge in [-0.15, -0.1) is 0 Å². The number of aromatic hydroxyl groups is 1. The normalized spacial score (nSPS) is 10.9. The van der Waals surface area contributed by atoms with E-state index in [1.54, 1.807) is 33.1 Å². The summed E-state index contributed by atoms with van der Waals surface area (Å²) in [6.07, 6.45) is -0.0961. The highest BCUT2D eigenvalue weighted by molar-refractivity contribution is 5.89. The molecule has 0 radical (unpaired) electrons. The van der Waals surface area contributed by atoms with Crippen LogP contribution in [-0.4, -0.2) is 31.3 Å². The second-order valence-corrected chi connectivity index (χ2v) is 5.17. The summed E-state index contributed by atoms with van der Waals surface area (Å²) in [6, 6.07) is 3.28. The quantitative estimate of drug-likeness (QED) is 0.644. The summed E-state index contributed by atoms with van der Waals surface area (Å²) in [7, 11) is 1.54. The van der Waals surface area contributed by atoms with Crippen LogP contribution in [0.5, 0.6) is 5.75 Å². The summed E-state index contributed by atoms with van der Waals surface area (Å²) in [5.74, 6) is -0.254. The van der Waals surface area contributed by atoms with Gasteiger partial charge in [-0.1, -0.05) is 0 Å². The Morgan fingerprint density at radius 3 is 2.77 bits per heavy atom. The van der Waals surface area contributed by atoms with E-state index in [1.165, 1.54) is 0 Å². The molecule has 6 heteroatoms. The number of benzene rings is 1. The average Bonchev–Trinajstić information content (AvgIpc) is 2.42. The van der Waals surface area contributed by atoms with Crippen LogP contribution < -0.4 is 10.9 Å². The number of hydrogen-bond donors (Lipinski definition) is 2. The third-order valence-electron chi connectivity index (χ3n) is 3.47. The van der Waals surface area contributed by atoms with Crippen molar-refractivity contribution in [3.05, 3.63) is 39.2 Å². The molecule has 22 heavy (non-hydrogen) atoms. The number of hydrogen-bond acceptors (Lipinski definition) is 5. The minimum atomic E-state index is -0.558. The van der Waals surface area contributed by atoms with Gasteiger partial charge in [0.2, 0.25) is 5.91 Å². The van der Waals surface area contributed by atoms with Crippen LogP contribution in [0.15, 0.2) is 21.3 Å². The van der Waals surface area contributed by atoms with Gasteiger partial charge in [-0.2, -0.15) is 0 Å². The number of rotatable bonds is 5. The van der Waals surface area contributed by atoms with Gasteiger partial charge >= 0.3 is 5.63 Å². The van der Waals surface area contributed by atoms with E-state index < -0.39 is 5.63 Å². The van der Waals surface area contributed by atoms with E-state index in [0.29, 0.717) is 29.7 Å². The Hall–Kier alpha value is -2.34. The van der Waals surface area contributed by atoms with Gasteiger partial charge in [0.25, 0.3) is 0 Å². The first-order chi connectivity index (χ1) is 10.4. The van der Waals surface area contributed by atoms with Gasteiger partial charge in [-0.05, 0) is 37.1 Å². The Morgan fingerprint density at radius 1 is 1.36 bits per heavy atom. The average molecular weight is 305 g/mol. The van der Waals surface area contributed by atoms with E-state index in [0.717, 1.165) is 5.56 Å². The maximum atomic E-state index is 12.1. The zero-order valence-corrected chi connectivity index (χ0v) is 12.9.